The third-order valence-corrected chi connectivity index (χ3v) is 4.10. The van der Waals surface area contributed by atoms with E-state index < -0.39 is 26.8 Å². The fraction of sp³-hybridized carbons (Fsp3) is 0.364. The topological polar surface area (TPSA) is 101 Å². The maximum absolute atomic E-state index is 13.6. The lowest BCUT2D eigenvalue weighted by Gasteiger charge is -2.10. The highest BCUT2D eigenvalue weighted by Crippen LogP contribution is 2.22. The van der Waals surface area contributed by atoms with E-state index >= 15 is 0 Å². The Morgan fingerprint density at radius 2 is 2.05 bits per heavy atom. The highest BCUT2D eigenvalue weighted by Gasteiger charge is 2.27. The zero-order chi connectivity index (χ0) is 14.2. The van der Waals surface area contributed by atoms with Crippen LogP contribution >= 0.6 is 0 Å². The first-order chi connectivity index (χ1) is 8.79. The van der Waals surface area contributed by atoms with Gasteiger partial charge in [0.25, 0.3) is 10.0 Å². The first kappa shape index (κ1) is 13.6. The van der Waals surface area contributed by atoms with Crippen molar-refractivity contribution in [2.24, 2.45) is 0 Å². The number of nitrogen functional groups attached to an aromatic ring is 1. The molecule has 4 N–H and O–H groups in total. The number of carbonyl (C=O) groups excluding carboxylic acids is 1. The molecule has 1 aromatic rings. The fourth-order valence-electron chi connectivity index (χ4n) is 1.49. The van der Waals surface area contributed by atoms with E-state index in [2.05, 4.69) is 5.32 Å². The molecule has 19 heavy (non-hydrogen) atoms. The van der Waals surface area contributed by atoms with E-state index in [0.717, 1.165) is 25.0 Å². The van der Waals surface area contributed by atoms with E-state index in [1.165, 1.54) is 0 Å². The molecular weight excluding hydrogens is 273 g/mol. The van der Waals surface area contributed by atoms with Crippen LogP contribution in [0.25, 0.3) is 0 Å². The number of halogens is 1. The number of anilines is 1. The third kappa shape index (κ3) is 3.14. The van der Waals surface area contributed by atoms with Gasteiger partial charge in [0.05, 0.1) is 0 Å². The van der Waals surface area contributed by atoms with Gasteiger partial charge >= 0.3 is 6.03 Å². The SMILES string of the molecule is Cc1cc(F)c(S(=O)(=O)NC(=O)NC2CC2)cc1N. The molecule has 1 fully saturated rings. The van der Waals surface area contributed by atoms with Gasteiger partial charge in [-0.1, -0.05) is 0 Å². The molecule has 2 amide bonds. The van der Waals surface area contributed by atoms with Crippen molar-refractivity contribution in [3.05, 3.63) is 23.5 Å². The number of amides is 2. The number of nitrogens with one attached hydrogen (secondary N) is 2. The number of aryl methyl sites for hydroxylation is 1. The van der Waals surface area contributed by atoms with Crippen LogP contribution in [0.5, 0.6) is 0 Å². The lowest BCUT2D eigenvalue weighted by Crippen LogP contribution is -2.40. The molecule has 0 unspecified atom stereocenters. The number of hydrogen-bond acceptors (Lipinski definition) is 4. The molecule has 0 spiro atoms. The molecule has 1 aromatic carbocycles. The Bertz CT molecular complexity index is 626. The largest absolute Gasteiger partial charge is 0.398 e. The molecule has 0 saturated heterocycles. The van der Waals surface area contributed by atoms with E-state index in [1.54, 1.807) is 11.6 Å². The average molecular weight is 287 g/mol. The van der Waals surface area contributed by atoms with Crippen molar-refractivity contribution in [1.82, 2.24) is 10.0 Å². The number of sulfonamides is 1. The first-order valence-corrected chi connectivity index (χ1v) is 7.17. The first-order valence-electron chi connectivity index (χ1n) is 5.68. The van der Waals surface area contributed by atoms with Crippen LogP contribution in [0.1, 0.15) is 18.4 Å². The van der Waals surface area contributed by atoms with Gasteiger partial charge < -0.3 is 11.1 Å². The summed E-state index contributed by atoms with van der Waals surface area (Å²) in [7, 11) is -4.26. The molecule has 1 aliphatic carbocycles. The van der Waals surface area contributed by atoms with E-state index in [1.807, 2.05) is 0 Å². The summed E-state index contributed by atoms with van der Waals surface area (Å²) in [5.74, 6) is -0.946. The van der Waals surface area contributed by atoms with Gasteiger partial charge in [-0.2, -0.15) is 0 Å². The molecular formula is C11H14FN3O3S. The molecule has 0 aliphatic heterocycles. The van der Waals surface area contributed by atoms with Gasteiger partial charge in [0, 0.05) is 11.7 Å². The van der Waals surface area contributed by atoms with Gasteiger partial charge in [-0.3, -0.25) is 0 Å². The van der Waals surface area contributed by atoms with Crippen molar-refractivity contribution >= 4 is 21.7 Å². The zero-order valence-corrected chi connectivity index (χ0v) is 11.1. The minimum absolute atomic E-state index is 0.00290. The Balaban J connectivity index is 2.23. The average Bonchev–Trinajstić information content (AvgIpc) is 3.05. The van der Waals surface area contributed by atoms with Crippen LogP contribution in [0.4, 0.5) is 14.9 Å². The van der Waals surface area contributed by atoms with Crippen molar-refractivity contribution in [2.75, 3.05) is 5.73 Å². The Labute approximate surface area is 110 Å². The van der Waals surface area contributed by atoms with E-state index in [0.29, 0.717) is 5.56 Å². The van der Waals surface area contributed by atoms with Crippen LogP contribution in [-0.2, 0) is 10.0 Å². The standard InChI is InChI=1S/C11H14FN3O3S/c1-6-4-8(12)10(5-9(6)13)19(17,18)15-11(16)14-7-2-3-7/h4-5,7H,2-3,13H2,1H3,(H2,14,15,16). The second-order valence-electron chi connectivity index (χ2n) is 4.49. The van der Waals surface area contributed by atoms with Gasteiger partial charge in [0.2, 0.25) is 0 Å². The predicted molar refractivity (Wildman–Crippen MR) is 67.4 cm³/mol. The van der Waals surface area contributed by atoms with Crippen molar-refractivity contribution in [3.8, 4) is 0 Å². The maximum Gasteiger partial charge on any atom is 0.328 e. The molecule has 104 valence electrons. The number of nitrogens with two attached hydrogens (primary N) is 1. The Morgan fingerprint density at radius 1 is 1.42 bits per heavy atom. The number of urea groups is 1. The number of benzene rings is 1. The van der Waals surface area contributed by atoms with Crippen LogP contribution < -0.4 is 15.8 Å². The summed E-state index contributed by atoms with van der Waals surface area (Å²) in [6, 6.07) is 1.16. The Hall–Kier alpha value is -1.83. The number of carbonyl (C=O) groups is 1. The third-order valence-electron chi connectivity index (χ3n) is 2.75. The summed E-state index contributed by atoms with van der Waals surface area (Å²) in [4.78, 5) is 10.8. The minimum atomic E-state index is -4.26. The highest BCUT2D eigenvalue weighted by atomic mass is 32.2. The van der Waals surface area contributed by atoms with E-state index in [-0.39, 0.29) is 11.7 Å². The lowest BCUT2D eigenvalue weighted by atomic mass is 10.2. The molecule has 0 aromatic heterocycles. The zero-order valence-electron chi connectivity index (χ0n) is 10.2. The van der Waals surface area contributed by atoms with Crippen molar-refractivity contribution in [2.45, 2.75) is 30.7 Å². The van der Waals surface area contributed by atoms with E-state index in [9.17, 15) is 17.6 Å². The predicted octanol–water partition coefficient (Wildman–Crippen LogP) is 0.867. The number of hydrogen-bond donors (Lipinski definition) is 3. The Kier molecular flexibility index (Phi) is 3.36. The van der Waals surface area contributed by atoms with Crippen molar-refractivity contribution in [1.29, 1.82) is 0 Å². The number of rotatable bonds is 3. The minimum Gasteiger partial charge on any atom is -0.398 e. The quantitative estimate of drug-likeness (QED) is 0.718. The van der Waals surface area contributed by atoms with Gasteiger partial charge in [-0.05, 0) is 37.5 Å². The summed E-state index contributed by atoms with van der Waals surface area (Å²) < 4.78 is 39.1. The molecule has 0 atom stereocenters. The smallest absolute Gasteiger partial charge is 0.328 e. The van der Waals surface area contributed by atoms with Crippen LogP contribution in [0.15, 0.2) is 17.0 Å². The van der Waals surface area contributed by atoms with Crippen molar-refractivity contribution < 1.29 is 17.6 Å². The summed E-state index contributed by atoms with van der Waals surface area (Å²) in [5, 5.41) is 2.44. The molecule has 2 rings (SSSR count). The molecule has 1 aliphatic rings. The summed E-state index contributed by atoms with van der Waals surface area (Å²) in [6.07, 6.45) is 1.64. The molecule has 0 bridgehead atoms. The molecule has 6 nitrogen and oxygen atoms in total. The Morgan fingerprint density at radius 3 is 2.63 bits per heavy atom. The second kappa shape index (κ2) is 4.69. The molecule has 8 heteroatoms. The van der Waals surface area contributed by atoms with Crippen LogP contribution in [-0.4, -0.2) is 20.5 Å². The summed E-state index contributed by atoms with van der Waals surface area (Å²) >= 11 is 0. The van der Waals surface area contributed by atoms with Gasteiger partial charge in [-0.15, -0.1) is 0 Å². The van der Waals surface area contributed by atoms with Gasteiger partial charge in [-0.25, -0.2) is 22.3 Å². The van der Waals surface area contributed by atoms with Gasteiger partial charge in [0.1, 0.15) is 10.7 Å². The lowest BCUT2D eigenvalue weighted by molar-refractivity contribution is 0.245. The second-order valence-corrected chi connectivity index (χ2v) is 6.14. The van der Waals surface area contributed by atoms with Crippen molar-refractivity contribution in [3.63, 3.8) is 0 Å². The molecule has 1 saturated carbocycles. The van der Waals surface area contributed by atoms with Crippen LogP contribution in [0.2, 0.25) is 0 Å². The molecule has 0 radical (unpaired) electrons. The highest BCUT2D eigenvalue weighted by molar-refractivity contribution is 7.90. The van der Waals surface area contributed by atoms with Crippen LogP contribution in [0, 0.1) is 12.7 Å². The van der Waals surface area contributed by atoms with Crippen LogP contribution in [0.3, 0.4) is 0 Å². The maximum atomic E-state index is 13.6. The normalized spacial score (nSPS) is 15.1. The monoisotopic (exact) mass is 287 g/mol. The molecule has 0 heterocycles. The van der Waals surface area contributed by atoms with Gasteiger partial charge in [0.15, 0.2) is 0 Å². The fourth-order valence-corrected chi connectivity index (χ4v) is 2.50. The summed E-state index contributed by atoms with van der Waals surface area (Å²) in [6.45, 7) is 1.56. The summed E-state index contributed by atoms with van der Waals surface area (Å²) in [5.41, 5.74) is 6.12. The van der Waals surface area contributed by atoms with E-state index in [4.69, 9.17) is 5.73 Å².